The first-order chi connectivity index (χ1) is 5.81. The maximum Gasteiger partial charge on any atom is 0.257 e. The molecule has 1 aliphatic rings. The number of amides is 2. The summed E-state index contributed by atoms with van der Waals surface area (Å²) in [4.78, 5) is 22.0. The molecule has 0 spiro atoms. The van der Waals surface area contributed by atoms with Crippen LogP contribution in [-0.4, -0.2) is 41.6 Å². The van der Waals surface area contributed by atoms with Gasteiger partial charge in [-0.3, -0.25) is 14.8 Å². The molecule has 0 aromatic carbocycles. The van der Waals surface area contributed by atoms with Gasteiger partial charge in [-0.1, -0.05) is 0 Å². The summed E-state index contributed by atoms with van der Waals surface area (Å²) in [5.74, 6) is -1.84. The fourth-order valence-electron chi connectivity index (χ4n) is 1.35. The van der Waals surface area contributed by atoms with E-state index in [1.165, 1.54) is 0 Å². The summed E-state index contributed by atoms with van der Waals surface area (Å²) < 4.78 is 11.4. The number of hydrogen-bond acceptors (Lipinski definition) is 4. The molecule has 0 aliphatic carbocycles. The maximum absolute atomic E-state index is 11.4. The molecule has 0 aromatic rings. The van der Waals surface area contributed by atoms with E-state index in [0.29, 0.717) is 0 Å². The van der Waals surface area contributed by atoms with Crippen LogP contribution in [0.4, 0.5) is 0 Å². The lowest BCUT2D eigenvalue weighted by atomic mass is 10.1. The molecule has 1 heterocycles. The van der Waals surface area contributed by atoms with Gasteiger partial charge in [0.2, 0.25) is 0 Å². The lowest BCUT2D eigenvalue weighted by Crippen LogP contribution is -2.27. The highest BCUT2D eigenvalue weighted by atomic mass is 31.2. The Morgan fingerprint density at radius 1 is 1.54 bits per heavy atom. The lowest BCUT2D eigenvalue weighted by Gasteiger charge is -2.10. The van der Waals surface area contributed by atoms with Crippen molar-refractivity contribution in [3.63, 3.8) is 0 Å². The number of hydroxylamine groups is 2. The first-order valence-electron chi connectivity index (χ1n) is 3.91. The molecule has 1 saturated heterocycles. The second-order valence-electron chi connectivity index (χ2n) is 3.70. The second kappa shape index (κ2) is 3.24. The molecule has 0 bridgehead atoms. The van der Waals surface area contributed by atoms with Gasteiger partial charge in [0.25, 0.3) is 11.8 Å². The third-order valence-electron chi connectivity index (χ3n) is 1.88. The number of carbonyl (C=O) groups excluding carboxylic acids is 2. The molecule has 1 N–H and O–H groups in total. The van der Waals surface area contributed by atoms with Crippen LogP contribution in [0.3, 0.4) is 0 Å². The minimum atomic E-state index is -2.32. The highest BCUT2D eigenvalue weighted by Gasteiger charge is 2.39. The minimum Gasteiger partial charge on any atom is -0.324 e. The van der Waals surface area contributed by atoms with Gasteiger partial charge in [-0.05, 0) is 13.3 Å². The molecule has 1 unspecified atom stereocenters. The van der Waals surface area contributed by atoms with Crippen LogP contribution in [0.2, 0.25) is 0 Å². The fourth-order valence-corrected chi connectivity index (χ4v) is 2.70. The first-order valence-corrected chi connectivity index (χ1v) is 6.69. The SMILES string of the molecule is CP(C)(=O)CC1CC(=O)N(O)C1=O. The van der Waals surface area contributed by atoms with Crippen molar-refractivity contribution in [1.29, 1.82) is 0 Å². The third-order valence-corrected chi connectivity index (χ3v) is 3.20. The predicted octanol–water partition coefficient (Wildman–Crippen LogP) is 0.373. The molecule has 1 atom stereocenters. The summed E-state index contributed by atoms with van der Waals surface area (Å²) >= 11 is 0. The Bertz CT molecular complexity index is 295. The van der Waals surface area contributed by atoms with Crippen LogP contribution in [0.5, 0.6) is 0 Å². The van der Waals surface area contributed by atoms with Crippen LogP contribution in [0.25, 0.3) is 0 Å². The molecule has 1 rings (SSSR count). The van der Waals surface area contributed by atoms with Gasteiger partial charge in [0.15, 0.2) is 0 Å². The van der Waals surface area contributed by atoms with Crippen molar-refractivity contribution in [3.8, 4) is 0 Å². The zero-order chi connectivity index (χ0) is 10.2. The Balaban J connectivity index is 2.70. The Kier molecular flexibility index (Phi) is 2.59. The smallest absolute Gasteiger partial charge is 0.257 e. The minimum absolute atomic E-state index is 0.0268. The molecule has 5 nitrogen and oxygen atoms in total. The van der Waals surface area contributed by atoms with Crippen molar-refractivity contribution in [1.82, 2.24) is 5.06 Å². The zero-order valence-electron chi connectivity index (χ0n) is 7.56. The molecular weight excluding hydrogens is 193 g/mol. The summed E-state index contributed by atoms with van der Waals surface area (Å²) in [5, 5.41) is 9.00. The number of carbonyl (C=O) groups is 2. The monoisotopic (exact) mass is 205 g/mol. The Labute approximate surface area is 76.0 Å². The quantitative estimate of drug-likeness (QED) is 0.401. The normalized spacial score (nSPS) is 24.2. The number of nitrogens with zero attached hydrogens (tertiary/aromatic N) is 1. The van der Waals surface area contributed by atoms with Gasteiger partial charge in [0, 0.05) is 12.6 Å². The topological polar surface area (TPSA) is 74.7 Å². The Morgan fingerprint density at radius 2 is 2.08 bits per heavy atom. The molecule has 2 amide bonds. The van der Waals surface area contributed by atoms with Gasteiger partial charge in [-0.2, -0.15) is 5.06 Å². The van der Waals surface area contributed by atoms with E-state index >= 15 is 0 Å². The van der Waals surface area contributed by atoms with Crippen molar-refractivity contribution in [2.45, 2.75) is 6.42 Å². The molecule has 6 heteroatoms. The van der Waals surface area contributed by atoms with E-state index in [1.807, 2.05) is 0 Å². The summed E-state index contributed by atoms with van der Waals surface area (Å²) in [5.41, 5.74) is 0. The van der Waals surface area contributed by atoms with Gasteiger partial charge < -0.3 is 4.57 Å². The van der Waals surface area contributed by atoms with E-state index in [1.54, 1.807) is 13.3 Å². The van der Waals surface area contributed by atoms with Crippen molar-refractivity contribution in [3.05, 3.63) is 0 Å². The number of rotatable bonds is 2. The van der Waals surface area contributed by atoms with Gasteiger partial charge in [-0.25, -0.2) is 0 Å². The summed E-state index contributed by atoms with van der Waals surface area (Å²) in [6.45, 7) is 3.12. The third kappa shape index (κ3) is 2.39. The second-order valence-corrected chi connectivity index (χ2v) is 7.21. The van der Waals surface area contributed by atoms with E-state index < -0.39 is 24.9 Å². The molecule has 1 aliphatic heterocycles. The van der Waals surface area contributed by atoms with Gasteiger partial charge in [0.1, 0.15) is 0 Å². The van der Waals surface area contributed by atoms with Crippen molar-refractivity contribution < 1.29 is 19.4 Å². The van der Waals surface area contributed by atoms with E-state index in [4.69, 9.17) is 5.21 Å². The highest BCUT2D eigenvalue weighted by molar-refractivity contribution is 7.62. The fraction of sp³-hybridized carbons (Fsp3) is 0.714. The van der Waals surface area contributed by atoms with Crippen LogP contribution in [0, 0.1) is 5.92 Å². The van der Waals surface area contributed by atoms with Crippen LogP contribution >= 0.6 is 7.14 Å². The van der Waals surface area contributed by atoms with Crippen LogP contribution in [0.1, 0.15) is 6.42 Å². The van der Waals surface area contributed by atoms with E-state index in [9.17, 15) is 14.2 Å². The molecule has 1 fully saturated rings. The predicted molar refractivity (Wildman–Crippen MR) is 46.1 cm³/mol. The van der Waals surface area contributed by atoms with E-state index in [-0.39, 0.29) is 17.6 Å². The van der Waals surface area contributed by atoms with Gasteiger partial charge in [-0.15, -0.1) is 0 Å². The van der Waals surface area contributed by atoms with Crippen molar-refractivity contribution >= 4 is 19.0 Å². The van der Waals surface area contributed by atoms with Crippen LogP contribution in [-0.2, 0) is 14.2 Å². The number of imide groups is 1. The molecular formula is C7H12NO4P. The average Bonchev–Trinajstić information content (AvgIpc) is 2.15. The molecule has 74 valence electrons. The first kappa shape index (κ1) is 10.4. The zero-order valence-corrected chi connectivity index (χ0v) is 8.45. The largest absolute Gasteiger partial charge is 0.324 e. The Morgan fingerprint density at radius 3 is 2.38 bits per heavy atom. The standard InChI is InChI=1S/C7H12NO4P/c1-13(2,12)4-5-3-6(9)8(11)7(5)10/h5,11H,3-4H2,1-2H3. The van der Waals surface area contributed by atoms with Crippen molar-refractivity contribution in [2.75, 3.05) is 19.5 Å². The van der Waals surface area contributed by atoms with E-state index in [2.05, 4.69) is 0 Å². The molecule has 0 saturated carbocycles. The average molecular weight is 205 g/mol. The van der Waals surface area contributed by atoms with Gasteiger partial charge >= 0.3 is 0 Å². The van der Waals surface area contributed by atoms with E-state index in [0.717, 1.165) is 0 Å². The molecule has 13 heavy (non-hydrogen) atoms. The summed E-state index contributed by atoms with van der Waals surface area (Å²) in [6.07, 6.45) is 0.162. The van der Waals surface area contributed by atoms with Gasteiger partial charge in [0.05, 0.1) is 13.1 Å². The molecule has 0 radical (unpaired) electrons. The number of hydrogen-bond donors (Lipinski definition) is 1. The van der Waals surface area contributed by atoms with Crippen molar-refractivity contribution in [2.24, 2.45) is 5.92 Å². The highest BCUT2D eigenvalue weighted by Crippen LogP contribution is 2.40. The molecule has 0 aromatic heterocycles. The Hall–Kier alpha value is -0.670. The summed E-state index contributed by atoms with van der Waals surface area (Å²) in [7, 11) is -2.32. The van der Waals surface area contributed by atoms with Crippen LogP contribution in [0.15, 0.2) is 0 Å². The maximum atomic E-state index is 11.4. The lowest BCUT2D eigenvalue weighted by molar-refractivity contribution is -0.172. The van der Waals surface area contributed by atoms with Crippen LogP contribution < -0.4 is 0 Å². The summed E-state index contributed by atoms with van der Waals surface area (Å²) in [6, 6.07) is 0.